The minimum absolute atomic E-state index is 0.200. The van der Waals surface area contributed by atoms with Gasteiger partial charge in [-0.05, 0) is 12.1 Å². The number of hydrogen-bond acceptors (Lipinski definition) is 6. The fourth-order valence-corrected chi connectivity index (χ4v) is 2.12. The molecule has 1 N–H and O–H groups in total. The quantitative estimate of drug-likeness (QED) is 0.621. The van der Waals surface area contributed by atoms with Crippen molar-refractivity contribution in [1.29, 1.82) is 0 Å². The molecule has 0 saturated heterocycles. The van der Waals surface area contributed by atoms with Crippen molar-refractivity contribution in [3.05, 3.63) is 36.8 Å². The van der Waals surface area contributed by atoms with E-state index in [0.29, 0.717) is 5.75 Å². The Balaban J connectivity index is 1.96. The van der Waals surface area contributed by atoms with Crippen LogP contribution in [-0.2, 0) is 4.79 Å². The Labute approximate surface area is 126 Å². The highest BCUT2D eigenvalue weighted by Crippen LogP contribution is 2.14. The maximum absolute atomic E-state index is 11.9. The maximum Gasteiger partial charge on any atom is 0.435 e. The van der Waals surface area contributed by atoms with Gasteiger partial charge in [0.1, 0.15) is 7.11 Å². The van der Waals surface area contributed by atoms with E-state index in [2.05, 4.69) is 15.3 Å². The van der Waals surface area contributed by atoms with Crippen molar-refractivity contribution < 1.29 is 19.1 Å². The molecular weight excluding hydrogens is 292 g/mol. The molecule has 110 valence electrons. The molecule has 7 nitrogen and oxygen atoms in total. The van der Waals surface area contributed by atoms with E-state index < -0.39 is 0 Å². The normalized spacial score (nSPS) is 10.0. The summed E-state index contributed by atoms with van der Waals surface area (Å²) in [6.07, 6.45) is 4.76. The number of carbonyl (C=O) groups is 1. The fraction of sp³-hybridized carbons (Fsp3) is 0.231. The third kappa shape index (κ3) is 4.32. The molecule has 1 amide bonds. The van der Waals surface area contributed by atoms with Crippen LogP contribution in [0.2, 0.25) is 0 Å². The number of pyridine rings is 1. The van der Waals surface area contributed by atoms with Crippen molar-refractivity contribution in [2.45, 2.75) is 5.03 Å². The van der Waals surface area contributed by atoms with Gasteiger partial charge in [-0.2, -0.15) is 0 Å². The second-order valence-electron chi connectivity index (χ2n) is 3.83. The highest BCUT2D eigenvalue weighted by molar-refractivity contribution is 7.99. The Morgan fingerprint density at radius 2 is 2.24 bits per heavy atom. The van der Waals surface area contributed by atoms with E-state index in [1.54, 1.807) is 12.4 Å². The molecule has 21 heavy (non-hydrogen) atoms. The molecule has 0 bridgehead atoms. The van der Waals surface area contributed by atoms with Gasteiger partial charge in [-0.15, -0.1) is 0 Å². The van der Waals surface area contributed by atoms with Crippen LogP contribution in [0.25, 0.3) is 0 Å². The molecule has 0 aliphatic rings. The van der Waals surface area contributed by atoms with Crippen molar-refractivity contribution in [3.8, 4) is 5.75 Å². The number of nitrogens with one attached hydrogen (secondary N) is 1. The van der Waals surface area contributed by atoms with E-state index in [-0.39, 0.29) is 17.6 Å². The molecular formula is C13H15N4O3S+. The van der Waals surface area contributed by atoms with Crippen LogP contribution in [-0.4, -0.2) is 35.8 Å². The maximum atomic E-state index is 11.9. The first-order valence-corrected chi connectivity index (χ1v) is 7.05. The second kappa shape index (κ2) is 7.44. The van der Waals surface area contributed by atoms with Gasteiger partial charge in [0.05, 0.1) is 17.9 Å². The molecule has 0 radical (unpaired) electrons. The van der Waals surface area contributed by atoms with Gasteiger partial charge in [0, 0.05) is 6.20 Å². The average Bonchev–Trinajstić information content (AvgIpc) is 2.54. The average molecular weight is 307 g/mol. The number of carbonyl (C=O) groups excluding carboxylic acids is 1. The third-order valence-electron chi connectivity index (χ3n) is 2.44. The zero-order valence-corrected chi connectivity index (χ0v) is 12.5. The van der Waals surface area contributed by atoms with Gasteiger partial charge in [0.15, 0.2) is 18.1 Å². The lowest BCUT2D eigenvalue weighted by Gasteiger charge is -2.04. The number of hydrogen-bond donors (Lipinski definition) is 1. The smallest absolute Gasteiger partial charge is 0.435 e. The minimum atomic E-state index is -0.200. The molecule has 0 unspecified atom stereocenters. The van der Waals surface area contributed by atoms with Gasteiger partial charge in [-0.3, -0.25) is 4.79 Å². The van der Waals surface area contributed by atoms with Crippen LogP contribution in [0.5, 0.6) is 5.75 Å². The van der Waals surface area contributed by atoms with Gasteiger partial charge < -0.3 is 9.57 Å². The van der Waals surface area contributed by atoms with E-state index in [9.17, 15) is 4.79 Å². The molecule has 2 aromatic heterocycles. The molecule has 0 saturated carbocycles. The second-order valence-corrected chi connectivity index (χ2v) is 4.83. The fourth-order valence-electron chi connectivity index (χ4n) is 1.46. The highest BCUT2D eigenvalue weighted by Gasteiger charge is 2.18. The van der Waals surface area contributed by atoms with Crippen molar-refractivity contribution in [3.63, 3.8) is 0 Å². The standard InChI is InChI=1S/C13H14N4O3S/c1-19-10-7-15-13(17(8-10)20-2)16-11(18)9-21-12-5-3-4-6-14-12/h3-8H,9H2,1-2H3/p+1. The number of amides is 1. The Morgan fingerprint density at radius 3 is 2.90 bits per heavy atom. The van der Waals surface area contributed by atoms with Crippen LogP contribution in [0.4, 0.5) is 5.95 Å². The summed E-state index contributed by atoms with van der Waals surface area (Å²) in [7, 11) is 3.00. The Hall–Kier alpha value is -2.35. The topological polar surface area (TPSA) is 77.2 Å². The summed E-state index contributed by atoms with van der Waals surface area (Å²) < 4.78 is 6.36. The zero-order valence-electron chi connectivity index (χ0n) is 11.6. The molecule has 2 aromatic rings. The van der Waals surface area contributed by atoms with Crippen LogP contribution >= 0.6 is 11.8 Å². The molecule has 0 aliphatic heterocycles. The number of anilines is 1. The first-order chi connectivity index (χ1) is 10.2. The van der Waals surface area contributed by atoms with Crippen LogP contribution in [0, 0.1) is 0 Å². The number of aromatic nitrogens is 3. The number of thioether (sulfide) groups is 1. The third-order valence-corrected chi connectivity index (χ3v) is 3.38. The lowest BCUT2D eigenvalue weighted by Crippen LogP contribution is -2.44. The minimum Gasteiger partial charge on any atom is -0.491 e. The molecule has 2 heterocycles. The summed E-state index contributed by atoms with van der Waals surface area (Å²) in [5.74, 6) is 0.839. The lowest BCUT2D eigenvalue weighted by atomic mass is 10.5. The Morgan fingerprint density at radius 1 is 1.38 bits per heavy atom. The molecule has 0 aliphatic carbocycles. The van der Waals surface area contributed by atoms with Crippen LogP contribution < -0.4 is 19.6 Å². The van der Waals surface area contributed by atoms with Crippen molar-refractivity contribution >= 4 is 23.6 Å². The summed E-state index contributed by atoms with van der Waals surface area (Å²) in [5, 5.41) is 3.45. The molecule has 0 spiro atoms. The van der Waals surface area contributed by atoms with Gasteiger partial charge in [-0.1, -0.05) is 27.5 Å². The number of methoxy groups -OCH3 is 1. The van der Waals surface area contributed by atoms with Crippen LogP contribution in [0.1, 0.15) is 0 Å². The summed E-state index contributed by atoms with van der Waals surface area (Å²) >= 11 is 1.34. The van der Waals surface area contributed by atoms with E-state index in [1.165, 1.54) is 36.9 Å². The SMILES string of the molecule is COc1cnc(NC(=O)CSc2ccccn2)[n+](OC)c1. The number of ether oxygens (including phenoxy) is 1. The first kappa shape index (κ1) is 15.0. The van der Waals surface area contributed by atoms with Gasteiger partial charge in [0.2, 0.25) is 0 Å². The lowest BCUT2D eigenvalue weighted by molar-refractivity contribution is -0.875. The van der Waals surface area contributed by atoms with Crippen LogP contribution in [0.15, 0.2) is 41.8 Å². The summed E-state index contributed by atoms with van der Waals surface area (Å²) in [4.78, 5) is 25.2. The van der Waals surface area contributed by atoms with Gasteiger partial charge in [-0.25, -0.2) is 10.3 Å². The molecule has 8 heteroatoms. The van der Waals surface area contributed by atoms with Crippen molar-refractivity contribution in [1.82, 2.24) is 9.97 Å². The summed E-state index contributed by atoms with van der Waals surface area (Å²) in [6, 6.07) is 5.54. The van der Waals surface area contributed by atoms with Crippen LogP contribution in [0.3, 0.4) is 0 Å². The van der Waals surface area contributed by atoms with E-state index in [4.69, 9.17) is 9.57 Å². The largest absolute Gasteiger partial charge is 0.491 e. The Kier molecular flexibility index (Phi) is 5.33. The zero-order chi connectivity index (χ0) is 15.1. The van der Waals surface area contributed by atoms with Gasteiger partial charge >= 0.3 is 5.95 Å². The Bertz CT molecular complexity index is 610. The molecule has 2 rings (SSSR count). The first-order valence-electron chi connectivity index (χ1n) is 6.07. The number of rotatable bonds is 6. The van der Waals surface area contributed by atoms with E-state index in [1.807, 2.05) is 18.2 Å². The summed E-state index contributed by atoms with van der Waals surface area (Å²) in [6.45, 7) is 0. The highest BCUT2D eigenvalue weighted by atomic mass is 32.2. The van der Waals surface area contributed by atoms with E-state index in [0.717, 1.165) is 5.03 Å². The van der Waals surface area contributed by atoms with Gasteiger partial charge in [0.25, 0.3) is 5.91 Å². The summed E-state index contributed by atoms with van der Waals surface area (Å²) in [5.41, 5.74) is 0. The molecule has 0 atom stereocenters. The molecule has 0 aromatic carbocycles. The predicted octanol–water partition coefficient (Wildman–Crippen LogP) is 0.562. The monoisotopic (exact) mass is 307 g/mol. The number of nitrogens with zero attached hydrogens (tertiary/aromatic N) is 3. The van der Waals surface area contributed by atoms with Crippen molar-refractivity contribution in [2.75, 3.05) is 25.3 Å². The predicted molar refractivity (Wildman–Crippen MR) is 77.1 cm³/mol. The molecule has 0 fully saturated rings. The van der Waals surface area contributed by atoms with Crippen molar-refractivity contribution in [2.24, 2.45) is 0 Å². The van der Waals surface area contributed by atoms with E-state index >= 15 is 0 Å².